The summed E-state index contributed by atoms with van der Waals surface area (Å²) in [7, 11) is 0. The van der Waals surface area contributed by atoms with E-state index in [1.54, 1.807) is 0 Å². The average Bonchev–Trinajstić information content (AvgIpc) is 2.64. The third-order valence-corrected chi connectivity index (χ3v) is 1.97. The van der Waals surface area contributed by atoms with Crippen LogP contribution in [0.15, 0.2) is 10.2 Å². The van der Waals surface area contributed by atoms with Crippen molar-refractivity contribution in [2.75, 3.05) is 0 Å². The van der Waals surface area contributed by atoms with Crippen LogP contribution in [0, 0.1) is 0 Å². The van der Waals surface area contributed by atoms with Gasteiger partial charge in [-0.2, -0.15) is 23.7 Å². The molecule has 1 atom stereocenters. The van der Waals surface area contributed by atoms with Crippen molar-refractivity contribution < 1.29 is 9.53 Å². The Morgan fingerprint density at radius 1 is 1.40 bits per heavy atom. The summed E-state index contributed by atoms with van der Waals surface area (Å²) < 4.78 is 5.10. The van der Waals surface area contributed by atoms with Crippen LogP contribution in [0.4, 0.5) is 4.79 Å². The molecule has 6 heteroatoms. The first-order valence-corrected chi connectivity index (χ1v) is 4.66. The van der Waals surface area contributed by atoms with Crippen molar-refractivity contribution in [3.63, 3.8) is 0 Å². The number of nitrogens with zero attached hydrogens (tertiary/aromatic N) is 2. The van der Waals surface area contributed by atoms with Gasteiger partial charge in [0.05, 0.1) is 6.04 Å². The maximum atomic E-state index is 11.3. The minimum absolute atomic E-state index is 0. The Hall–Kier alpha value is -0.780. The first-order valence-electron chi connectivity index (χ1n) is 4.66. The molecule has 1 heterocycles. The number of carbonyl (C=O) groups is 1. The molecular weight excluding hydrogens is 214 g/mol. The van der Waals surface area contributed by atoms with E-state index in [1.165, 1.54) is 0 Å². The fourth-order valence-corrected chi connectivity index (χ4v) is 0.873. The molecule has 0 radical (unpaired) electrons. The van der Waals surface area contributed by atoms with Gasteiger partial charge in [-0.15, -0.1) is 0 Å². The highest BCUT2D eigenvalue weighted by Gasteiger charge is 2.41. The van der Waals surface area contributed by atoms with Gasteiger partial charge in [0.25, 0.3) is 0 Å². The number of hydrogen-bond acceptors (Lipinski definition) is 4. The maximum absolute atomic E-state index is 11.3. The van der Waals surface area contributed by atoms with Gasteiger partial charge in [0.2, 0.25) is 5.66 Å². The molecule has 0 aromatic carbocycles. The molecule has 1 aliphatic rings. The van der Waals surface area contributed by atoms with E-state index in [9.17, 15) is 4.79 Å². The number of hydrogen-bond donors (Lipinski definition) is 1. The lowest BCUT2D eigenvalue weighted by Gasteiger charge is -2.22. The van der Waals surface area contributed by atoms with Crippen molar-refractivity contribution in [2.24, 2.45) is 10.2 Å². The van der Waals surface area contributed by atoms with Crippen LogP contribution in [0.3, 0.4) is 0 Å². The van der Waals surface area contributed by atoms with Crippen molar-refractivity contribution in [3.05, 3.63) is 0 Å². The molecule has 15 heavy (non-hydrogen) atoms. The highest BCUT2D eigenvalue weighted by Crippen LogP contribution is 2.30. The second kappa shape index (κ2) is 4.38. The molecule has 1 amide bonds. The fraction of sp³-hybridized carbons (Fsp3) is 0.889. The Bertz CT molecular complexity index is 267. The first kappa shape index (κ1) is 14.2. The minimum atomic E-state index is -0.470. The SMILES string of the molecule is C[C@H](NC(=O)OC(C)(C)C)C1(C)N=N1.S. The van der Waals surface area contributed by atoms with Crippen LogP contribution in [-0.4, -0.2) is 23.4 Å². The Labute approximate surface area is 97.1 Å². The number of amides is 1. The number of ether oxygens (including phenoxy) is 1. The van der Waals surface area contributed by atoms with E-state index in [-0.39, 0.29) is 19.5 Å². The summed E-state index contributed by atoms with van der Waals surface area (Å²) in [5.74, 6) is 0. The zero-order chi connectivity index (χ0) is 11.0. The van der Waals surface area contributed by atoms with Gasteiger partial charge < -0.3 is 10.1 Å². The average molecular weight is 233 g/mol. The molecule has 0 bridgehead atoms. The van der Waals surface area contributed by atoms with Gasteiger partial charge in [-0.25, -0.2) is 4.79 Å². The van der Waals surface area contributed by atoms with Crippen LogP contribution in [0.5, 0.6) is 0 Å². The van der Waals surface area contributed by atoms with Crippen LogP contribution in [-0.2, 0) is 4.74 Å². The third-order valence-electron chi connectivity index (χ3n) is 1.97. The van der Waals surface area contributed by atoms with Crippen molar-refractivity contribution in [2.45, 2.75) is 51.9 Å². The van der Waals surface area contributed by atoms with Crippen LogP contribution >= 0.6 is 13.5 Å². The standard InChI is InChI=1S/C9H17N3O2.H2S/c1-6(9(5)11-12-9)10-7(13)14-8(2,3)4;/h6H,1-5H3,(H,10,13);1H2/t6-;/m0./s1. The first-order chi connectivity index (χ1) is 6.23. The predicted octanol–water partition coefficient (Wildman–Crippen LogP) is 2.19. The molecule has 1 aliphatic heterocycles. The maximum Gasteiger partial charge on any atom is 0.408 e. The van der Waals surface area contributed by atoms with E-state index >= 15 is 0 Å². The van der Waals surface area contributed by atoms with Crippen molar-refractivity contribution >= 4 is 19.6 Å². The van der Waals surface area contributed by atoms with E-state index in [1.807, 2.05) is 34.6 Å². The zero-order valence-corrected chi connectivity index (χ0v) is 10.8. The molecule has 88 valence electrons. The molecule has 0 saturated carbocycles. The summed E-state index contributed by atoms with van der Waals surface area (Å²) in [5, 5.41) is 10.4. The van der Waals surface area contributed by atoms with E-state index < -0.39 is 17.4 Å². The number of carbonyl (C=O) groups excluding carboxylic acids is 1. The summed E-state index contributed by atoms with van der Waals surface area (Å²) in [5.41, 5.74) is -0.917. The highest BCUT2D eigenvalue weighted by atomic mass is 32.1. The lowest BCUT2D eigenvalue weighted by atomic mass is 10.1. The lowest BCUT2D eigenvalue weighted by molar-refractivity contribution is 0.0498. The van der Waals surface area contributed by atoms with Gasteiger partial charge >= 0.3 is 6.09 Å². The van der Waals surface area contributed by atoms with E-state index in [4.69, 9.17) is 4.74 Å². The summed E-state index contributed by atoms with van der Waals surface area (Å²) in [6.07, 6.45) is -0.427. The molecule has 0 saturated heterocycles. The molecule has 0 unspecified atom stereocenters. The summed E-state index contributed by atoms with van der Waals surface area (Å²) in [4.78, 5) is 11.3. The molecule has 0 aliphatic carbocycles. The summed E-state index contributed by atoms with van der Waals surface area (Å²) in [6.45, 7) is 9.18. The Kier molecular flexibility index (Phi) is 4.16. The van der Waals surface area contributed by atoms with Crippen molar-refractivity contribution in [1.29, 1.82) is 0 Å². The lowest BCUT2D eigenvalue weighted by Crippen LogP contribution is -2.44. The number of rotatable bonds is 2. The minimum Gasteiger partial charge on any atom is -0.444 e. The quantitative estimate of drug-likeness (QED) is 0.794. The molecule has 0 fully saturated rings. The Balaban J connectivity index is 0.00000196. The van der Waals surface area contributed by atoms with Gasteiger partial charge in [0.1, 0.15) is 5.60 Å². The molecule has 5 nitrogen and oxygen atoms in total. The second-order valence-electron chi connectivity index (χ2n) is 4.66. The molecular formula is C9H19N3O2S. The molecule has 1 N–H and O–H groups in total. The van der Waals surface area contributed by atoms with Gasteiger partial charge in [-0.05, 0) is 34.6 Å². The predicted molar refractivity (Wildman–Crippen MR) is 62.5 cm³/mol. The zero-order valence-electron chi connectivity index (χ0n) is 9.79. The van der Waals surface area contributed by atoms with Crippen LogP contribution in [0.1, 0.15) is 34.6 Å². The van der Waals surface area contributed by atoms with Gasteiger partial charge in [-0.3, -0.25) is 0 Å². The normalized spacial score (nSPS) is 18.7. The fourth-order valence-electron chi connectivity index (χ4n) is 0.873. The van der Waals surface area contributed by atoms with Gasteiger partial charge in [-0.1, -0.05) is 0 Å². The second-order valence-corrected chi connectivity index (χ2v) is 4.66. The topological polar surface area (TPSA) is 63.0 Å². The number of nitrogens with one attached hydrogen (secondary N) is 1. The number of alkyl carbamates (subject to hydrolysis) is 1. The third kappa shape index (κ3) is 4.51. The molecule has 0 aromatic rings. The largest absolute Gasteiger partial charge is 0.444 e. The van der Waals surface area contributed by atoms with Crippen molar-refractivity contribution in [3.8, 4) is 0 Å². The molecule has 0 aromatic heterocycles. The van der Waals surface area contributed by atoms with E-state index in [0.29, 0.717) is 0 Å². The Morgan fingerprint density at radius 3 is 2.20 bits per heavy atom. The van der Waals surface area contributed by atoms with Gasteiger partial charge in [0, 0.05) is 0 Å². The molecule has 0 spiro atoms. The summed E-state index contributed by atoms with van der Waals surface area (Å²) in [6, 6.07) is -0.127. The Morgan fingerprint density at radius 2 is 1.87 bits per heavy atom. The van der Waals surface area contributed by atoms with E-state index in [0.717, 1.165) is 0 Å². The highest BCUT2D eigenvalue weighted by molar-refractivity contribution is 7.59. The van der Waals surface area contributed by atoms with Crippen molar-refractivity contribution in [1.82, 2.24) is 5.32 Å². The summed E-state index contributed by atoms with van der Waals surface area (Å²) >= 11 is 0. The van der Waals surface area contributed by atoms with E-state index in [2.05, 4.69) is 15.5 Å². The monoisotopic (exact) mass is 233 g/mol. The van der Waals surface area contributed by atoms with Gasteiger partial charge in [0.15, 0.2) is 0 Å². The smallest absolute Gasteiger partial charge is 0.408 e. The molecule has 1 rings (SSSR count). The van der Waals surface area contributed by atoms with Crippen LogP contribution in [0.2, 0.25) is 0 Å². The van der Waals surface area contributed by atoms with Crippen LogP contribution < -0.4 is 5.32 Å². The van der Waals surface area contributed by atoms with Crippen LogP contribution in [0.25, 0.3) is 0 Å².